The maximum atomic E-state index is 11.1. The van der Waals surface area contributed by atoms with Crippen LogP contribution in [0.3, 0.4) is 0 Å². The molecule has 0 radical (unpaired) electrons. The van der Waals surface area contributed by atoms with Crippen LogP contribution < -0.4 is 10.6 Å². The number of anilines is 1. The molecule has 120 valence electrons. The van der Waals surface area contributed by atoms with E-state index in [0.717, 1.165) is 56.4 Å². The Bertz CT molecular complexity index is 541. The molecule has 2 aliphatic rings. The topological polar surface area (TPSA) is 75.4 Å². The van der Waals surface area contributed by atoms with Gasteiger partial charge in [0.25, 0.3) is 0 Å². The minimum atomic E-state index is -0.253. The number of nitrogens with two attached hydrogens (primary N) is 1. The van der Waals surface area contributed by atoms with E-state index in [0.29, 0.717) is 12.5 Å². The minimum absolute atomic E-state index is 0.253. The van der Waals surface area contributed by atoms with E-state index in [1.54, 1.807) is 0 Å². The molecule has 0 unspecified atom stereocenters. The molecule has 0 bridgehead atoms. The van der Waals surface area contributed by atoms with Crippen LogP contribution >= 0.6 is 0 Å². The van der Waals surface area contributed by atoms with Gasteiger partial charge in [-0.2, -0.15) is 0 Å². The average molecular weight is 303 g/mol. The van der Waals surface area contributed by atoms with Crippen LogP contribution in [0.4, 0.5) is 5.82 Å². The van der Waals surface area contributed by atoms with Crippen LogP contribution in [0.5, 0.6) is 0 Å². The molecule has 1 amide bonds. The van der Waals surface area contributed by atoms with Gasteiger partial charge in [-0.3, -0.25) is 9.69 Å². The van der Waals surface area contributed by atoms with Crippen molar-refractivity contribution in [3.63, 3.8) is 0 Å². The van der Waals surface area contributed by atoms with E-state index in [1.165, 1.54) is 12.8 Å². The molecule has 1 aromatic rings. The molecule has 3 rings (SSSR count). The third kappa shape index (κ3) is 3.55. The lowest BCUT2D eigenvalue weighted by Crippen LogP contribution is -2.40. The smallest absolute Gasteiger partial charge is 0.231 e. The van der Waals surface area contributed by atoms with Gasteiger partial charge in [0.1, 0.15) is 11.6 Å². The number of likely N-dealkylation sites (tertiary alicyclic amines) is 1. The second-order valence-corrected chi connectivity index (χ2v) is 6.43. The molecule has 1 aromatic heterocycles. The summed E-state index contributed by atoms with van der Waals surface area (Å²) in [5, 5.41) is 0. The molecule has 3 heterocycles. The highest BCUT2D eigenvalue weighted by Crippen LogP contribution is 2.28. The Balaban J connectivity index is 1.76. The lowest BCUT2D eigenvalue weighted by molar-refractivity contribution is -0.119. The quantitative estimate of drug-likeness (QED) is 0.900. The highest BCUT2D eigenvalue weighted by molar-refractivity contribution is 5.75. The zero-order valence-corrected chi connectivity index (χ0v) is 13.3. The van der Waals surface area contributed by atoms with E-state index >= 15 is 0 Å². The molecule has 6 nitrogen and oxygen atoms in total. The first-order chi connectivity index (χ1) is 10.6. The molecule has 2 fully saturated rings. The average Bonchev–Trinajstić information content (AvgIpc) is 3.00. The maximum absolute atomic E-state index is 11.1. The molecule has 0 saturated carbocycles. The monoisotopic (exact) mass is 303 g/mol. The second-order valence-electron chi connectivity index (χ2n) is 6.43. The molecule has 2 N–H and O–H groups in total. The van der Waals surface area contributed by atoms with Gasteiger partial charge < -0.3 is 10.6 Å². The van der Waals surface area contributed by atoms with E-state index in [4.69, 9.17) is 5.73 Å². The highest BCUT2D eigenvalue weighted by Gasteiger charge is 2.25. The number of rotatable bonds is 4. The fourth-order valence-corrected chi connectivity index (χ4v) is 3.55. The molecule has 22 heavy (non-hydrogen) atoms. The highest BCUT2D eigenvalue weighted by atomic mass is 16.1. The van der Waals surface area contributed by atoms with Gasteiger partial charge in [0.05, 0.1) is 12.2 Å². The van der Waals surface area contributed by atoms with Crippen LogP contribution in [0.25, 0.3) is 0 Å². The standard InChI is InChI=1S/C16H25N5O/c1-12-18-14(9-16(19-12)21-7-2-3-8-21)13-5-4-6-20(10-13)11-15(17)22/h9,13H,2-8,10-11H2,1H3,(H2,17,22)/t13-/m0/s1. The van der Waals surface area contributed by atoms with Crippen molar-refractivity contribution in [2.24, 2.45) is 5.73 Å². The van der Waals surface area contributed by atoms with E-state index < -0.39 is 0 Å². The molecule has 0 aromatic carbocycles. The Morgan fingerprint density at radius 1 is 1.27 bits per heavy atom. The molecule has 2 saturated heterocycles. The Hall–Kier alpha value is -1.69. The number of carbonyl (C=O) groups excluding carboxylic acids is 1. The Labute approximate surface area is 131 Å². The summed E-state index contributed by atoms with van der Waals surface area (Å²) in [5.74, 6) is 2.02. The fraction of sp³-hybridized carbons (Fsp3) is 0.688. The predicted molar refractivity (Wildman–Crippen MR) is 85.8 cm³/mol. The molecule has 2 aliphatic heterocycles. The van der Waals surface area contributed by atoms with Crippen LogP contribution in [0.2, 0.25) is 0 Å². The number of primary amides is 1. The number of nitrogens with zero attached hydrogens (tertiary/aromatic N) is 4. The maximum Gasteiger partial charge on any atom is 0.231 e. The predicted octanol–water partition coefficient (Wildman–Crippen LogP) is 1.05. The van der Waals surface area contributed by atoms with Crippen LogP contribution in [0, 0.1) is 6.92 Å². The van der Waals surface area contributed by atoms with Gasteiger partial charge in [-0.25, -0.2) is 9.97 Å². The van der Waals surface area contributed by atoms with Gasteiger partial charge in [-0.05, 0) is 39.2 Å². The van der Waals surface area contributed by atoms with Crippen molar-refractivity contribution in [2.45, 2.75) is 38.5 Å². The van der Waals surface area contributed by atoms with E-state index in [-0.39, 0.29) is 5.91 Å². The van der Waals surface area contributed by atoms with Gasteiger partial charge in [-0.1, -0.05) is 0 Å². The summed E-state index contributed by atoms with van der Waals surface area (Å²) in [6.07, 6.45) is 4.69. The SMILES string of the molecule is Cc1nc([C@H]2CCCN(CC(N)=O)C2)cc(N2CCCC2)n1. The number of aryl methyl sites for hydroxylation is 1. The van der Waals surface area contributed by atoms with Crippen LogP contribution in [0.15, 0.2) is 6.07 Å². The summed E-state index contributed by atoms with van der Waals surface area (Å²) in [6.45, 7) is 6.30. The molecule has 6 heteroatoms. The van der Waals surface area contributed by atoms with Gasteiger partial charge in [0, 0.05) is 31.6 Å². The van der Waals surface area contributed by atoms with Gasteiger partial charge in [-0.15, -0.1) is 0 Å². The summed E-state index contributed by atoms with van der Waals surface area (Å²) < 4.78 is 0. The Morgan fingerprint density at radius 3 is 2.77 bits per heavy atom. The zero-order chi connectivity index (χ0) is 15.5. The van der Waals surface area contributed by atoms with Crippen molar-refractivity contribution in [1.29, 1.82) is 0 Å². The van der Waals surface area contributed by atoms with E-state index in [9.17, 15) is 4.79 Å². The minimum Gasteiger partial charge on any atom is -0.369 e. The van der Waals surface area contributed by atoms with Crippen LogP contribution in [0.1, 0.15) is 43.1 Å². The van der Waals surface area contributed by atoms with Gasteiger partial charge in [0.2, 0.25) is 5.91 Å². The Kier molecular flexibility index (Phi) is 4.57. The normalized spacial score (nSPS) is 23.0. The van der Waals surface area contributed by atoms with Crippen molar-refractivity contribution in [3.05, 3.63) is 17.6 Å². The fourth-order valence-electron chi connectivity index (χ4n) is 3.55. The van der Waals surface area contributed by atoms with E-state index in [1.807, 2.05) is 6.92 Å². The van der Waals surface area contributed by atoms with E-state index in [2.05, 4.69) is 25.8 Å². The number of hydrogen-bond acceptors (Lipinski definition) is 5. The van der Waals surface area contributed by atoms with Crippen molar-refractivity contribution < 1.29 is 4.79 Å². The number of hydrogen-bond donors (Lipinski definition) is 1. The Morgan fingerprint density at radius 2 is 2.05 bits per heavy atom. The second kappa shape index (κ2) is 6.60. The van der Waals surface area contributed by atoms with Crippen molar-refractivity contribution in [3.8, 4) is 0 Å². The third-order valence-corrected chi connectivity index (χ3v) is 4.58. The summed E-state index contributed by atoms with van der Waals surface area (Å²) in [5.41, 5.74) is 6.44. The lowest BCUT2D eigenvalue weighted by atomic mass is 9.94. The number of aromatic nitrogens is 2. The first-order valence-corrected chi connectivity index (χ1v) is 8.23. The molecular formula is C16H25N5O. The summed E-state index contributed by atoms with van der Waals surface area (Å²) in [7, 11) is 0. The molecule has 0 aliphatic carbocycles. The van der Waals surface area contributed by atoms with Crippen LogP contribution in [-0.2, 0) is 4.79 Å². The first-order valence-electron chi connectivity index (χ1n) is 8.23. The van der Waals surface area contributed by atoms with Crippen molar-refractivity contribution >= 4 is 11.7 Å². The van der Waals surface area contributed by atoms with Gasteiger partial charge >= 0.3 is 0 Å². The number of carbonyl (C=O) groups is 1. The third-order valence-electron chi connectivity index (χ3n) is 4.58. The van der Waals surface area contributed by atoms with Crippen molar-refractivity contribution in [1.82, 2.24) is 14.9 Å². The number of piperidine rings is 1. The molecular weight excluding hydrogens is 278 g/mol. The lowest BCUT2D eigenvalue weighted by Gasteiger charge is -2.32. The van der Waals surface area contributed by atoms with Gasteiger partial charge in [0.15, 0.2) is 0 Å². The largest absolute Gasteiger partial charge is 0.369 e. The summed E-state index contributed by atoms with van der Waals surface area (Å²) in [4.78, 5) is 24.9. The zero-order valence-electron chi connectivity index (χ0n) is 13.3. The summed E-state index contributed by atoms with van der Waals surface area (Å²) >= 11 is 0. The molecule has 0 spiro atoms. The summed E-state index contributed by atoms with van der Waals surface area (Å²) in [6, 6.07) is 2.15. The molecule has 1 atom stereocenters. The van der Waals surface area contributed by atoms with Crippen molar-refractivity contribution in [2.75, 3.05) is 37.6 Å². The number of amides is 1. The first kappa shape index (κ1) is 15.2. The van der Waals surface area contributed by atoms with Crippen LogP contribution in [-0.4, -0.2) is 53.5 Å².